The molecule has 0 spiro atoms. The molecule has 0 amide bonds. The fourth-order valence-electron chi connectivity index (χ4n) is 4.17. The Labute approximate surface area is 169 Å². The molecule has 5 nitrogen and oxygen atoms in total. The van der Waals surface area contributed by atoms with E-state index in [1.54, 1.807) is 11.3 Å². The number of para-hydroxylation sites is 1. The Morgan fingerprint density at radius 3 is 2.71 bits per heavy atom. The number of thiazole rings is 1. The summed E-state index contributed by atoms with van der Waals surface area (Å²) in [6.45, 7) is 0.285. The summed E-state index contributed by atoms with van der Waals surface area (Å²) in [6, 6.07) is 11.4. The number of hydrogen-bond donors (Lipinski definition) is 3. The van der Waals surface area contributed by atoms with Gasteiger partial charge in [-0.15, -0.1) is 11.3 Å². The molecule has 6 heteroatoms. The summed E-state index contributed by atoms with van der Waals surface area (Å²) in [5.41, 5.74) is 3.19. The molecule has 5 rings (SSSR count). The van der Waals surface area contributed by atoms with Crippen LogP contribution < -0.4 is 10.6 Å². The van der Waals surface area contributed by atoms with Crippen molar-refractivity contribution in [2.75, 3.05) is 17.2 Å². The van der Waals surface area contributed by atoms with Gasteiger partial charge in [-0.25, -0.2) is 9.97 Å². The van der Waals surface area contributed by atoms with Crippen molar-refractivity contribution in [2.24, 2.45) is 5.92 Å². The van der Waals surface area contributed by atoms with E-state index in [1.165, 1.54) is 24.0 Å². The average Bonchev–Trinajstić information content (AvgIpc) is 3.31. The van der Waals surface area contributed by atoms with Crippen LogP contribution in [0.4, 0.5) is 11.5 Å². The van der Waals surface area contributed by atoms with Crippen LogP contribution in [0.3, 0.4) is 0 Å². The van der Waals surface area contributed by atoms with E-state index in [-0.39, 0.29) is 6.61 Å². The van der Waals surface area contributed by atoms with Crippen LogP contribution in [0.2, 0.25) is 0 Å². The van der Waals surface area contributed by atoms with Gasteiger partial charge in [0.05, 0.1) is 15.8 Å². The van der Waals surface area contributed by atoms with Gasteiger partial charge in [-0.05, 0) is 56.6 Å². The number of pyridine rings is 1. The third-order valence-corrected chi connectivity index (χ3v) is 7.11. The average molecular weight is 395 g/mol. The van der Waals surface area contributed by atoms with Crippen molar-refractivity contribution in [3.8, 4) is 10.6 Å². The molecule has 146 valence electrons. The van der Waals surface area contributed by atoms with Gasteiger partial charge < -0.3 is 15.7 Å². The summed E-state index contributed by atoms with van der Waals surface area (Å²) in [7, 11) is 0. The number of fused-ring (bicyclic) bond motifs is 1. The molecular formula is C22H26N4OS. The molecule has 2 aromatic heterocycles. The fraction of sp³-hybridized carbons (Fsp3) is 0.455. The molecule has 0 aliphatic heterocycles. The molecule has 0 bridgehead atoms. The summed E-state index contributed by atoms with van der Waals surface area (Å²) in [4.78, 5) is 9.53. The van der Waals surface area contributed by atoms with Crippen molar-refractivity contribution < 1.29 is 5.11 Å². The number of benzene rings is 1. The van der Waals surface area contributed by atoms with Crippen molar-refractivity contribution in [1.82, 2.24) is 9.97 Å². The van der Waals surface area contributed by atoms with E-state index in [1.807, 2.05) is 12.3 Å². The Hall–Kier alpha value is -2.18. The smallest absolute Gasteiger partial charge is 0.128 e. The summed E-state index contributed by atoms with van der Waals surface area (Å²) in [5, 5.41) is 17.8. The lowest BCUT2D eigenvalue weighted by atomic mass is 9.93. The molecular weight excluding hydrogens is 368 g/mol. The zero-order chi connectivity index (χ0) is 18.9. The van der Waals surface area contributed by atoms with E-state index in [9.17, 15) is 5.11 Å². The van der Waals surface area contributed by atoms with E-state index in [4.69, 9.17) is 4.98 Å². The minimum absolute atomic E-state index is 0.285. The monoisotopic (exact) mass is 394 g/mol. The van der Waals surface area contributed by atoms with Gasteiger partial charge >= 0.3 is 0 Å². The number of anilines is 2. The van der Waals surface area contributed by atoms with Gasteiger partial charge in [0.15, 0.2) is 0 Å². The molecule has 2 heterocycles. The number of hydrogen-bond acceptors (Lipinski definition) is 6. The van der Waals surface area contributed by atoms with E-state index < -0.39 is 0 Å². The largest absolute Gasteiger partial charge is 0.396 e. The molecule has 28 heavy (non-hydrogen) atoms. The van der Waals surface area contributed by atoms with Crippen LogP contribution in [0, 0.1) is 5.92 Å². The maximum Gasteiger partial charge on any atom is 0.128 e. The third-order valence-electron chi connectivity index (χ3n) is 6.04. The van der Waals surface area contributed by atoms with Crippen LogP contribution in [-0.4, -0.2) is 33.8 Å². The second-order valence-corrected chi connectivity index (χ2v) is 9.11. The zero-order valence-electron chi connectivity index (χ0n) is 15.9. The highest BCUT2D eigenvalue weighted by Gasteiger charge is 2.25. The number of rotatable bonds is 6. The van der Waals surface area contributed by atoms with E-state index >= 15 is 0 Å². The number of aliphatic hydroxyl groups excluding tert-OH is 1. The van der Waals surface area contributed by atoms with Crippen molar-refractivity contribution >= 4 is 33.1 Å². The summed E-state index contributed by atoms with van der Waals surface area (Å²) < 4.78 is 1.20. The van der Waals surface area contributed by atoms with Crippen LogP contribution in [0.1, 0.15) is 38.5 Å². The fourth-order valence-corrected chi connectivity index (χ4v) is 5.15. The minimum atomic E-state index is 0.285. The Bertz CT molecular complexity index is 935. The maximum absolute atomic E-state index is 9.48. The quantitative estimate of drug-likeness (QED) is 0.555. The first-order valence-corrected chi connectivity index (χ1v) is 11.1. The summed E-state index contributed by atoms with van der Waals surface area (Å²) in [6.07, 6.45) is 8.91. The molecule has 0 radical (unpaired) electrons. The topological polar surface area (TPSA) is 70.1 Å². The highest BCUT2D eigenvalue weighted by molar-refractivity contribution is 7.21. The van der Waals surface area contributed by atoms with Crippen LogP contribution >= 0.6 is 11.3 Å². The Morgan fingerprint density at radius 2 is 1.96 bits per heavy atom. The van der Waals surface area contributed by atoms with Crippen molar-refractivity contribution in [3.63, 3.8) is 0 Å². The number of nitrogens with zero attached hydrogens (tertiary/aromatic N) is 2. The van der Waals surface area contributed by atoms with Crippen LogP contribution in [0.25, 0.3) is 20.8 Å². The molecule has 2 fully saturated rings. The Kier molecular flexibility index (Phi) is 4.91. The second-order valence-electron chi connectivity index (χ2n) is 8.08. The van der Waals surface area contributed by atoms with Crippen molar-refractivity contribution in [3.05, 3.63) is 36.5 Å². The molecule has 2 saturated carbocycles. The highest BCUT2D eigenvalue weighted by Crippen LogP contribution is 2.37. The molecule has 2 atom stereocenters. The molecule has 2 aliphatic rings. The lowest BCUT2D eigenvalue weighted by molar-refractivity contribution is 0.229. The van der Waals surface area contributed by atoms with Gasteiger partial charge in [0.25, 0.3) is 0 Å². The van der Waals surface area contributed by atoms with Crippen LogP contribution in [0.5, 0.6) is 0 Å². The van der Waals surface area contributed by atoms with E-state index in [0.717, 1.165) is 46.9 Å². The molecule has 1 aromatic carbocycles. The first-order valence-electron chi connectivity index (χ1n) is 10.3. The van der Waals surface area contributed by atoms with E-state index in [0.29, 0.717) is 18.0 Å². The lowest BCUT2D eigenvalue weighted by Crippen LogP contribution is -2.27. The SMILES string of the molecule is OCC1CCC(Nc2cc(NC3CCC3)ncc2-c2nc3ccccc3s2)C1. The minimum Gasteiger partial charge on any atom is -0.396 e. The van der Waals surface area contributed by atoms with Gasteiger partial charge in [-0.3, -0.25) is 0 Å². The standard InChI is InChI=1S/C22H26N4OS/c27-13-14-8-9-16(10-14)24-19-11-21(25-15-4-3-5-15)23-12-17(19)22-26-18-6-1-2-7-20(18)28-22/h1-2,6-7,11-12,14-16,27H,3-5,8-10,13H2,(H2,23,24,25). The molecule has 3 N–H and O–H groups in total. The van der Waals surface area contributed by atoms with Crippen LogP contribution in [-0.2, 0) is 0 Å². The van der Waals surface area contributed by atoms with Gasteiger partial charge in [-0.2, -0.15) is 0 Å². The molecule has 3 aromatic rings. The second kappa shape index (κ2) is 7.68. The first kappa shape index (κ1) is 17.9. The summed E-state index contributed by atoms with van der Waals surface area (Å²) in [5.74, 6) is 1.35. The van der Waals surface area contributed by atoms with E-state index in [2.05, 4.69) is 39.9 Å². The van der Waals surface area contributed by atoms with Crippen molar-refractivity contribution in [1.29, 1.82) is 0 Å². The van der Waals surface area contributed by atoms with Gasteiger partial charge in [0.2, 0.25) is 0 Å². The lowest BCUT2D eigenvalue weighted by Gasteiger charge is -2.27. The van der Waals surface area contributed by atoms with Crippen LogP contribution in [0.15, 0.2) is 36.5 Å². The predicted octanol–water partition coefficient (Wildman–Crippen LogP) is 4.90. The normalized spacial score (nSPS) is 22.3. The van der Waals surface area contributed by atoms with Gasteiger partial charge in [-0.1, -0.05) is 12.1 Å². The predicted molar refractivity (Wildman–Crippen MR) is 116 cm³/mol. The Balaban J connectivity index is 1.47. The molecule has 2 aliphatic carbocycles. The van der Waals surface area contributed by atoms with Gasteiger partial charge in [0, 0.05) is 36.6 Å². The molecule has 0 saturated heterocycles. The highest BCUT2D eigenvalue weighted by atomic mass is 32.1. The summed E-state index contributed by atoms with van der Waals surface area (Å²) >= 11 is 1.71. The Morgan fingerprint density at radius 1 is 1.07 bits per heavy atom. The zero-order valence-corrected chi connectivity index (χ0v) is 16.7. The number of aromatic nitrogens is 2. The van der Waals surface area contributed by atoms with Crippen molar-refractivity contribution in [2.45, 2.75) is 50.6 Å². The molecule has 2 unspecified atom stereocenters. The van der Waals surface area contributed by atoms with Gasteiger partial charge in [0.1, 0.15) is 10.8 Å². The number of aliphatic hydroxyl groups is 1. The first-order chi connectivity index (χ1) is 13.8. The third kappa shape index (κ3) is 3.59. The number of nitrogens with one attached hydrogen (secondary N) is 2. The maximum atomic E-state index is 9.48.